The van der Waals surface area contributed by atoms with Crippen molar-refractivity contribution in [2.24, 2.45) is 0 Å². The molecule has 0 spiro atoms. The zero-order chi connectivity index (χ0) is 14.5. The third kappa shape index (κ3) is 4.39. The fraction of sp³-hybridized carbons (Fsp3) is 1.00. The number of aliphatic hydroxyl groups is 1. The van der Waals surface area contributed by atoms with Crippen molar-refractivity contribution in [3.63, 3.8) is 0 Å². The van der Waals surface area contributed by atoms with Crippen LogP contribution >= 0.6 is 0 Å². The molecule has 0 bridgehead atoms. The lowest BCUT2D eigenvalue weighted by Gasteiger charge is -2.38. The van der Waals surface area contributed by atoms with Gasteiger partial charge in [0, 0.05) is 52.4 Å². The van der Waals surface area contributed by atoms with Crippen LogP contribution in [0.25, 0.3) is 0 Å². The molecule has 0 aromatic carbocycles. The van der Waals surface area contributed by atoms with Gasteiger partial charge in [0.25, 0.3) is 10.2 Å². The maximum Gasteiger partial charge on any atom is 0.281 e. The van der Waals surface area contributed by atoms with Gasteiger partial charge in [0.2, 0.25) is 0 Å². The smallest absolute Gasteiger partial charge is 0.281 e. The normalized spacial score (nSPS) is 20.9. The van der Waals surface area contributed by atoms with E-state index in [4.69, 9.17) is 5.11 Å². The van der Waals surface area contributed by atoms with Gasteiger partial charge in [-0.2, -0.15) is 17.0 Å². The molecule has 1 saturated heterocycles. The largest absolute Gasteiger partial charge is 0.396 e. The standard InChI is InChI=1S/C12H27N3O3S/c1-4-12(2)14-7-9-15(10-8-14)19(17,18)13(3)6-5-11-16/h12,16H,4-11H2,1-3H3. The second-order valence-electron chi connectivity index (χ2n) is 5.10. The molecule has 0 aliphatic carbocycles. The Bertz CT molecular complexity index is 353. The predicted molar refractivity (Wildman–Crippen MR) is 76.2 cm³/mol. The van der Waals surface area contributed by atoms with E-state index in [1.165, 1.54) is 4.31 Å². The van der Waals surface area contributed by atoms with Crippen LogP contribution in [0.4, 0.5) is 0 Å². The van der Waals surface area contributed by atoms with Crippen molar-refractivity contribution >= 4 is 10.2 Å². The number of piperazine rings is 1. The molecule has 1 aliphatic heterocycles. The molecule has 0 amide bonds. The van der Waals surface area contributed by atoms with Crippen molar-refractivity contribution in [2.45, 2.75) is 32.7 Å². The first-order chi connectivity index (χ1) is 8.93. The highest BCUT2D eigenvalue weighted by atomic mass is 32.2. The third-order valence-corrected chi connectivity index (χ3v) is 5.83. The van der Waals surface area contributed by atoms with Gasteiger partial charge in [-0.1, -0.05) is 6.92 Å². The molecule has 19 heavy (non-hydrogen) atoms. The molecule has 1 aliphatic rings. The van der Waals surface area contributed by atoms with Crippen molar-refractivity contribution in [1.82, 2.24) is 13.5 Å². The lowest BCUT2D eigenvalue weighted by Crippen LogP contribution is -2.54. The molecule has 114 valence electrons. The first-order valence-corrected chi connectivity index (χ1v) is 8.39. The average molecular weight is 293 g/mol. The summed E-state index contributed by atoms with van der Waals surface area (Å²) in [6.07, 6.45) is 1.56. The summed E-state index contributed by atoms with van der Waals surface area (Å²) in [5.74, 6) is 0. The van der Waals surface area contributed by atoms with E-state index in [0.29, 0.717) is 32.1 Å². The van der Waals surface area contributed by atoms with E-state index in [2.05, 4.69) is 18.7 Å². The second-order valence-corrected chi connectivity index (χ2v) is 7.13. The van der Waals surface area contributed by atoms with Crippen LogP contribution in [0.1, 0.15) is 26.7 Å². The molecule has 0 aromatic rings. The Morgan fingerprint density at radius 3 is 2.32 bits per heavy atom. The Kier molecular flexibility index (Phi) is 6.68. The molecule has 1 heterocycles. The highest BCUT2D eigenvalue weighted by Crippen LogP contribution is 2.14. The van der Waals surface area contributed by atoms with E-state index in [0.717, 1.165) is 19.5 Å². The van der Waals surface area contributed by atoms with Crippen LogP contribution < -0.4 is 0 Å². The van der Waals surface area contributed by atoms with Crippen molar-refractivity contribution in [3.8, 4) is 0 Å². The highest BCUT2D eigenvalue weighted by Gasteiger charge is 2.30. The van der Waals surface area contributed by atoms with E-state index in [1.807, 2.05) is 0 Å². The Hall–Kier alpha value is -0.210. The van der Waals surface area contributed by atoms with Crippen LogP contribution in [-0.4, -0.2) is 79.5 Å². The maximum atomic E-state index is 12.3. The summed E-state index contributed by atoms with van der Waals surface area (Å²) < 4.78 is 27.5. The molecular weight excluding hydrogens is 266 g/mol. The number of hydrogen-bond acceptors (Lipinski definition) is 4. The SMILES string of the molecule is CCC(C)N1CCN(S(=O)(=O)N(C)CCCO)CC1. The van der Waals surface area contributed by atoms with Gasteiger partial charge >= 0.3 is 0 Å². The van der Waals surface area contributed by atoms with Crippen LogP contribution in [0.3, 0.4) is 0 Å². The van der Waals surface area contributed by atoms with E-state index in [9.17, 15) is 8.42 Å². The first kappa shape index (κ1) is 16.8. The summed E-state index contributed by atoms with van der Waals surface area (Å²) >= 11 is 0. The van der Waals surface area contributed by atoms with Gasteiger partial charge in [-0.05, 0) is 19.8 Å². The van der Waals surface area contributed by atoms with Crippen LogP contribution in [0.5, 0.6) is 0 Å². The summed E-state index contributed by atoms with van der Waals surface area (Å²) in [5, 5.41) is 8.77. The topological polar surface area (TPSA) is 64.1 Å². The molecule has 1 atom stereocenters. The Labute approximate surface area is 117 Å². The summed E-state index contributed by atoms with van der Waals surface area (Å²) in [6, 6.07) is 0.511. The summed E-state index contributed by atoms with van der Waals surface area (Å²) in [5.41, 5.74) is 0. The second kappa shape index (κ2) is 7.54. The van der Waals surface area contributed by atoms with E-state index < -0.39 is 10.2 Å². The van der Waals surface area contributed by atoms with Crippen molar-refractivity contribution < 1.29 is 13.5 Å². The molecule has 1 fully saturated rings. The highest BCUT2D eigenvalue weighted by molar-refractivity contribution is 7.86. The minimum Gasteiger partial charge on any atom is -0.396 e. The molecule has 1 N–H and O–H groups in total. The number of rotatable bonds is 7. The number of hydrogen-bond donors (Lipinski definition) is 1. The van der Waals surface area contributed by atoms with Crippen molar-refractivity contribution in [3.05, 3.63) is 0 Å². The minimum atomic E-state index is -3.36. The molecule has 6 nitrogen and oxygen atoms in total. The number of aliphatic hydroxyl groups excluding tert-OH is 1. The van der Waals surface area contributed by atoms with Crippen LogP contribution in [-0.2, 0) is 10.2 Å². The van der Waals surface area contributed by atoms with Gasteiger partial charge in [-0.3, -0.25) is 4.90 Å². The van der Waals surface area contributed by atoms with Gasteiger partial charge in [0.15, 0.2) is 0 Å². The summed E-state index contributed by atoms with van der Waals surface area (Å²) in [4.78, 5) is 2.33. The molecule has 1 rings (SSSR count). The Morgan fingerprint density at radius 1 is 1.26 bits per heavy atom. The first-order valence-electron chi connectivity index (χ1n) is 6.99. The lowest BCUT2D eigenvalue weighted by molar-refractivity contribution is 0.139. The zero-order valence-corrected chi connectivity index (χ0v) is 13.1. The van der Waals surface area contributed by atoms with E-state index in [1.54, 1.807) is 11.4 Å². The van der Waals surface area contributed by atoms with Crippen molar-refractivity contribution in [2.75, 3.05) is 46.4 Å². The quantitative estimate of drug-likeness (QED) is 0.715. The monoisotopic (exact) mass is 293 g/mol. The Balaban J connectivity index is 2.54. The van der Waals surface area contributed by atoms with Crippen LogP contribution in [0.2, 0.25) is 0 Å². The molecule has 0 radical (unpaired) electrons. The summed E-state index contributed by atoms with van der Waals surface area (Å²) in [7, 11) is -1.79. The summed E-state index contributed by atoms with van der Waals surface area (Å²) in [6.45, 7) is 7.40. The van der Waals surface area contributed by atoms with Crippen LogP contribution in [0.15, 0.2) is 0 Å². The van der Waals surface area contributed by atoms with Gasteiger partial charge in [0.1, 0.15) is 0 Å². The van der Waals surface area contributed by atoms with E-state index in [-0.39, 0.29) is 6.61 Å². The van der Waals surface area contributed by atoms with Gasteiger partial charge in [0.05, 0.1) is 0 Å². The molecule has 7 heteroatoms. The van der Waals surface area contributed by atoms with Crippen LogP contribution in [0, 0.1) is 0 Å². The lowest BCUT2D eigenvalue weighted by atomic mass is 10.2. The fourth-order valence-corrected chi connectivity index (χ4v) is 3.62. The van der Waals surface area contributed by atoms with Gasteiger partial charge < -0.3 is 5.11 Å². The minimum absolute atomic E-state index is 0.0155. The predicted octanol–water partition coefficient (Wildman–Crippen LogP) is -0.0385. The van der Waals surface area contributed by atoms with Crippen molar-refractivity contribution in [1.29, 1.82) is 0 Å². The van der Waals surface area contributed by atoms with E-state index >= 15 is 0 Å². The fourth-order valence-electron chi connectivity index (χ4n) is 2.24. The van der Waals surface area contributed by atoms with Gasteiger partial charge in [-0.15, -0.1) is 0 Å². The molecule has 1 unspecified atom stereocenters. The molecule has 0 aromatic heterocycles. The maximum absolute atomic E-state index is 12.3. The molecule has 0 saturated carbocycles. The Morgan fingerprint density at radius 2 is 1.84 bits per heavy atom. The third-order valence-electron chi connectivity index (χ3n) is 3.84. The average Bonchev–Trinajstić information content (AvgIpc) is 2.43. The number of nitrogens with zero attached hydrogens (tertiary/aromatic N) is 3. The van der Waals surface area contributed by atoms with Gasteiger partial charge in [-0.25, -0.2) is 0 Å². The zero-order valence-electron chi connectivity index (χ0n) is 12.2. The molecular formula is C12H27N3O3S.